The lowest BCUT2D eigenvalue weighted by atomic mass is 9.98. The molecule has 1 amide bonds. The van der Waals surface area contributed by atoms with Gasteiger partial charge in [-0.2, -0.15) is 0 Å². The summed E-state index contributed by atoms with van der Waals surface area (Å²) in [5, 5.41) is 6.41. The molecule has 1 aliphatic rings. The molecule has 0 aliphatic carbocycles. The number of benzene rings is 1. The molecule has 1 heterocycles. The van der Waals surface area contributed by atoms with Crippen LogP contribution in [-0.4, -0.2) is 18.0 Å². The number of carbonyl (C=O) groups excluding carboxylic acids is 1. The molecule has 98 valence electrons. The summed E-state index contributed by atoms with van der Waals surface area (Å²) in [6, 6.07) is 6.16. The molecule has 0 radical (unpaired) electrons. The average Bonchev–Trinajstić information content (AvgIpc) is 2.80. The van der Waals surface area contributed by atoms with E-state index in [9.17, 15) is 4.79 Å². The molecule has 1 aromatic carbocycles. The Labute approximate surface area is 109 Å². The zero-order valence-corrected chi connectivity index (χ0v) is 11.5. The highest BCUT2D eigenvalue weighted by Crippen LogP contribution is 2.25. The van der Waals surface area contributed by atoms with E-state index in [-0.39, 0.29) is 5.91 Å². The summed E-state index contributed by atoms with van der Waals surface area (Å²) < 4.78 is 0. The van der Waals surface area contributed by atoms with Crippen LogP contribution in [0.5, 0.6) is 0 Å². The molecule has 0 saturated carbocycles. The van der Waals surface area contributed by atoms with Gasteiger partial charge >= 0.3 is 0 Å². The summed E-state index contributed by atoms with van der Waals surface area (Å²) in [6.45, 7) is 7.07. The molecule has 1 fully saturated rings. The van der Waals surface area contributed by atoms with Gasteiger partial charge in [0.2, 0.25) is 5.91 Å². The fourth-order valence-corrected chi connectivity index (χ4v) is 2.54. The Morgan fingerprint density at radius 2 is 2.28 bits per heavy atom. The van der Waals surface area contributed by atoms with Gasteiger partial charge in [-0.1, -0.05) is 25.1 Å². The van der Waals surface area contributed by atoms with Crippen LogP contribution in [0.4, 0.5) is 5.69 Å². The first-order chi connectivity index (χ1) is 8.57. The van der Waals surface area contributed by atoms with Gasteiger partial charge in [0, 0.05) is 5.69 Å². The summed E-state index contributed by atoms with van der Waals surface area (Å²) in [6.07, 6.45) is 2.91. The largest absolute Gasteiger partial charge is 0.324 e. The lowest BCUT2D eigenvalue weighted by Crippen LogP contribution is -2.48. The van der Waals surface area contributed by atoms with Crippen molar-refractivity contribution in [2.45, 2.75) is 45.6 Å². The third-order valence-corrected chi connectivity index (χ3v) is 3.85. The highest BCUT2D eigenvalue weighted by Gasteiger charge is 2.36. The van der Waals surface area contributed by atoms with E-state index in [0.717, 1.165) is 37.1 Å². The van der Waals surface area contributed by atoms with Gasteiger partial charge in [0.15, 0.2) is 0 Å². The van der Waals surface area contributed by atoms with E-state index < -0.39 is 5.54 Å². The molecule has 1 aliphatic heterocycles. The molecular formula is C15H22N2O. The summed E-state index contributed by atoms with van der Waals surface area (Å²) >= 11 is 0. The van der Waals surface area contributed by atoms with Crippen molar-refractivity contribution in [2.75, 3.05) is 11.9 Å². The molecular weight excluding hydrogens is 224 g/mol. The molecule has 3 nitrogen and oxygen atoms in total. The minimum atomic E-state index is -0.409. The van der Waals surface area contributed by atoms with E-state index in [4.69, 9.17) is 0 Å². The maximum atomic E-state index is 12.4. The zero-order chi connectivity index (χ0) is 13.2. The van der Waals surface area contributed by atoms with Crippen LogP contribution in [0.25, 0.3) is 0 Å². The maximum Gasteiger partial charge on any atom is 0.244 e. The number of para-hydroxylation sites is 1. The Kier molecular flexibility index (Phi) is 3.71. The van der Waals surface area contributed by atoms with Crippen LogP contribution >= 0.6 is 0 Å². The van der Waals surface area contributed by atoms with Gasteiger partial charge in [-0.15, -0.1) is 0 Å². The second kappa shape index (κ2) is 5.11. The Bertz CT molecular complexity index is 448. The highest BCUT2D eigenvalue weighted by atomic mass is 16.2. The van der Waals surface area contributed by atoms with E-state index in [2.05, 4.69) is 23.6 Å². The number of aryl methyl sites for hydroxylation is 2. The van der Waals surface area contributed by atoms with Gasteiger partial charge in [0.05, 0.1) is 5.54 Å². The Hall–Kier alpha value is -1.35. The normalized spacial score (nSPS) is 23.1. The first-order valence-corrected chi connectivity index (χ1v) is 6.72. The Balaban J connectivity index is 2.21. The number of anilines is 1. The molecule has 1 aromatic rings. The quantitative estimate of drug-likeness (QED) is 0.861. The van der Waals surface area contributed by atoms with Crippen molar-refractivity contribution in [1.29, 1.82) is 0 Å². The second-order valence-electron chi connectivity index (χ2n) is 5.28. The van der Waals surface area contributed by atoms with Crippen LogP contribution in [0.1, 0.15) is 37.8 Å². The zero-order valence-electron chi connectivity index (χ0n) is 11.5. The molecule has 0 spiro atoms. The van der Waals surface area contributed by atoms with Crippen molar-refractivity contribution in [3.8, 4) is 0 Å². The minimum absolute atomic E-state index is 0.0870. The van der Waals surface area contributed by atoms with E-state index in [0.29, 0.717) is 0 Å². The van der Waals surface area contributed by atoms with E-state index >= 15 is 0 Å². The fraction of sp³-hybridized carbons (Fsp3) is 0.533. The Morgan fingerprint density at radius 1 is 1.50 bits per heavy atom. The van der Waals surface area contributed by atoms with E-state index in [1.165, 1.54) is 5.56 Å². The lowest BCUT2D eigenvalue weighted by molar-refractivity contribution is -0.121. The topological polar surface area (TPSA) is 41.1 Å². The fourth-order valence-electron chi connectivity index (χ4n) is 2.54. The lowest BCUT2D eigenvalue weighted by Gasteiger charge is -2.24. The smallest absolute Gasteiger partial charge is 0.244 e. The van der Waals surface area contributed by atoms with Crippen molar-refractivity contribution < 1.29 is 4.79 Å². The standard InChI is InChI=1S/C15H22N2O/c1-4-12-8-5-7-11(2)13(12)17-14(18)15(3)9-6-10-16-15/h5,7-8,16H,4,6,9-10H2,1-3H3,(H,17,18). The Morgan fingerprint density at radius 3 is 2.89 bits per heavy atom. The van der Waals surface area contributed by atoms with Gasteiger partial charge in [-0.25, -0.2) is 0 Å². The van der Waals surface area contributed by atoms with Crippen molar-refractivity contribution >= 4 is 11.6 Å². The van der Waals surface area contributed by atoms with Crippen molar-refractivity contribution in [1.82, 2.24) is 5.32 Å². The molecule has 0 aromatic heterocycles. The van der Waals surface area contributed by atoms with Crippen LogP contribution in [0, 0.1) is 6.92 Å². The van der Waals surface area contributed by atoms with Gasteiger partial charge < -0.3 is 10.6 Å². The van der Waals surface area contributed by atoms with E-state index in [1.54, 1.807) is 0 Å². The van der Waals surface area contributed by atoms with Gasteiger partial charge in [-0.3, -0.25) is 4.79 Å². The molecule has 2 rings (SSSR count). The van der Waals surface area contributed by atoms with Crippen LogP contribution in [0.15, 0.2) is 18.2 Å². The summed E-state index contributed by atoms with van der Waals surface area (Å²) in [5.41, 5.74) is 2.90. The molecule has 1 unspecified atom stereocenters. The number of nitrogens with one attached hydrogen (secondary N) is 2. The van der Waals surface area contributed by atoms with Gasteiger partial charge in [0.25, 0.3) is 0 Å². The van der Waals surface area contributed by atoms with Crippen LogP contribution in [0.2, 0.25) is 0 Å². The van der Waals surface area contributed by atoms with Crippen LogP contribution in [-0.2, 0) is 11.2 Å². The van der Waals surface area contributed by atoms with Gasteiger partial charge in [-0.05, 0) is 50.8 Å². The molecule has 0 bridgehead atoms. The predicted molar refractivity (Wildman–Crippen MR) is 74.8 cm³/mol. The van der Waals surface area contributed by atoms with Crippen LogP contribution in [0.3, 0.4) is 0 Å². The average molecular weight is 246 g/mol. The molecule has 2 N–H and O–H groups in total. The highest BCUT2D eigenvalue weighted by molar-refractivity contribution is 5.99. The molecule has 18 heavy (non-hydrogen) atoms. The number of rotatable bonds is 3. The van der Waals surface area contributed by atoms with Crippen LogP contribution < -0.4 is 10.6 Å². The van der Waals surface area contributed by atoms with Crippen molar-refractivity contribution in [3.05, 3.63) is 29.3 Å². The van der Waals surface area contributed by atoms with Gasteiger partial charge in [0.1, 0.15) is 0 Å². The maximum absolute atomic E-state index is 12.4. The predicted octanol–water partition coefficient (Wildman–Crippen LogP) is 2.64. The van der Waals surface area contributed by atoms with Crippen molar-refractivity contribution in [2.24, 2.45) is 0 Å². The number of amides is 1. The first kappa shape index (κ1) is 13.1. The number of hydrogen-bond acceptors (Lipinski definition) is 2. The number of hydrogen-bond donors (Lipinski definition) is 2. The van der Waals surface area contributed by atoms with Crippen molar-refractivity contribution in [3.63, 3.8) is 0 Å². The monoisotopic (exact) mass is 246 g/mol. The summed E-state index contributed by atoms with van der Waals surface area (Å²) in [4.78, 5) is 12.4. The number of carbonyl (C=O) groups is 1. The SMILES string of the molecule is CCc1cccc(C)c1NC(=O)C1(C)CCCN1. The third-order valence-electron chi connectivity index (χ3n) is 3.85. The first-order valence-electron chi connectivity index (χ1n) is 6.72. The summed E-state index contributed by atoms with van der Waals surface area (Å²) in [5.74, 6) is 0.0870. The summed E-state index contributed by atoms with van der Waals surface area (Å²) in [7, 11) is 0. The minimum Gasteiger partial charge on any atom is -0.324 e. The second-order valence-corrected chi connectivity index (χ2v) is 5.28. The molecule has 1 saturated heterocycles. The van der Waals surface area contributed by atoms with E-state index in [1.807, 2.05) is 26.0 Å². The third kappa shape index (κ3) is 2.41. The molecule has 1 atom stereocenters. The molecule has 3 heteroatoms.